The van der Waals surface area contributed by atoms with E-state index in [0.717, 1.165) is 45.4 Å². The lowest BCUT2D eigenvalue weighted by Gasteiger charge is -2.31. The molecule has 0 radical (unpaired) electrons. The number of fused-ring (bicyclic) bond motifs is 2. The van der Waals surface area contributed by atoms with Crippen LogP contribution in [0.1, 0.15) is 81.7 Å². The highest BCUT2D eigenvalue weighted by atomic mass is 16.5. The summed E-state index contributed by atoms with van der Waals surface area (Å²) in [6.07, 6.45) is 1.68. The summed E-state index contributed by atoms with van der Waals surface area (Å²) in [5.41, 5.74) is 6.70. The van der Waals surface area contributed by atoms with Gasteiger partial charge in [-0.05, 0) is 62.2 Å². The maximum Gasteiger partial charge on any atom is 0.272 e. The van der Waals surface area contributed by atoms with Crippen molar-refractivity contribution in [3.05, 3.63) is 149 Å². The molecule has 13 nitrogen and oxygen atoms in total. The third-order valence-corrected chi connectivity index (χ3v) is 9.31. The number of nitrogens with zero attached hydrogens (tertiary/aromatic N) is 8. The smallest absolute Gasteiger partial charge is 0.272 e. The van der Waals surface area contributed by atoms with Crippen molar-refractivity contribution in [2.24, 2.45) is 0 Å². The average molecular weight is 771 g/mol. The number of aromatic nitrogens is 6. The number of amides is 2. The fourth-order valence-corrected chi connectivity index (χ4v) is 6.67. The Balaban J connectivity index is 0.000000186. The van der Waals surface area contributed by atoms with Gasteiger partial charge in [-0.1, -0.05) is 62.4 Å². The van der Waals surface area contributed by atoms with E-state index in [2.05, 4.69) is 27.1 Å². The Bertz CT molecular complexity index is 2220. The monoisotopic (exact) mass is 770 g/mol. The molecule has 0 bridgehead atoms. The molecule has 1 atom stereocenters. The quantitative estimate of drug-likeness (QED) is 0.134. The molecule has 0 saturated heterocycles. The summed E-state index contributed by atoms with van der Waals surface area (Å²) in [4.78, 5) is 38.0. The number of carbonyl (C=O) groups is 2. The van der Waals surface area contributed by atoms with E-state index in [1.54, 1.807) is 28.7 Å². The van der Waals surface area contributed by atoms with Crippen LogP contribution in [0.5, 0.6) is 17.4 Å². The summed E-state index contributed by atoms with van der Waals surface area (Å²) in [7, 11) is 1.64. The van der Waals surface area contributed by atoms with E-state index in [4.69, 9.17) is 14.2 Å². The zero-order valence-corrected chi connectivity index (χ0v) is 33.5. The lowest BCUT2D eigenvalue weighted by atomic mass is 10.1. The van der Waals surface area contributed by atoms with Crippen molar-refractivity contribution < 1.29 is 23.8 Å². The molecule has 6 aromatic rings. The molecule has 0 N–H and O–H groups in total. The van der Waals surface area contributed by atoms with Gasteiger partial charge in [0.25, 0.3) is 11.8 Å². The van der Waals surface area contributed by atoms with Crippen LogP contribution in [0.15, 0.2) is 103 Å². The van der Waals surface area contributed by atoms with E-state index in [9.17, 15) is 9.59 Å². The van der Waals surface area contributed by atoms with Crippen LogP contribution in [-0.4, -0.2) is 71.3 Å². The number of benzene rings is 2. The summed E-state index contributed by atoms with van der Waals surface area (Å²) in [5.74, 6) is 2.10. The molecule has 2 aliphatic rings. The average Bonchev–Trinajstić information content (AvgIpc) is 3.87. The SMILES string of the molecule is CC.CC1CN(Cc2ccccc2)C(=O)c2cc(COc3ccccn3)nn21.COc1ccc(CN2CCn3nc(COc4cc(C)nc(C)c4)cc3C2=O)cc1. The molecule has 296 valence electrons. The minimum Gasteiger partial charge on any atom is -0.497 e. The van der Waals surface area contributed by atoms with Crippen molar-refractivity contribution in [3.63, 3.8) is 0 Å². The van der Waals surface area contributed by atoms with Gasteiger partial charge in [0.2, 0.25) is 5.88 Å². The minimum atomic E-state index is -0.0126. The van der Waals surface area contributed by atoms with Crippen molar-refractivity contribution in [1.29, 1.82) is 0 Å². The first-order valence-electron chi connectivity index (χ1n) is 19.2. The third-order valence-electron chi connectivity index (χ3n) is 9.31. The van der Waals surface area contributed by atoms with E-state index in [-0.39, 0.29) is 24.5 Å². The first kappa shape index (κ1) is 40.2. The molecular weight excluding hydrogens is 721 g/mol. The topological polar surface area (TPSA) is 130 Å². The van der Waals surface area contributed by atoms with Gasteiger partial charge in [-0.2, -0.15) is 10.2 Å². The molecule has 2 aliphatic heterocycles. The van der Waals surface area contributed by atoms with Crippen LogP contribution in [0.2, 0.25) is 0 Å². The molecule has 4 aromatic heterocycles. The molecular formula is C44H50N8O5. The second kappa shape index (κ2) is 18.9. The maximum atomic E-state index is 12.9. The van der Waals surface area contributed by atoms with Crippen molar-refractivity contribution in [2.75, 3.05) is 20.2 Å². The predicted octanol–water partition coefficient (Wildman–Crippen LogP) is 7.24. The Morgan fingerprint density at radius 2 is 1.32 bits per heavy atom. The highest BCUT2D eigenvalue weighted by molar-refractivity contribution is 5.94. The maximum absolute atomic E-state index is 12.9. The summed E-state index contributed by atoms with van der Waals surface area (Å²) >= 11 is 0. The molecule has 0 spiro atoms. The Kier molecular flexibility index (Phi) is 13.3. The van der Waals surface area contributed by atoms with Gasteiger partial charge in [0.1, 0.15) is 47.5 Å². The zero-order chi connectivity index (χ0) is 40.3. The van der Waals surface area contributed by atoms with Crippen LogP contribution in [0.3, 0.4) is 0 Å². The van der Waals surface area contributed by atoms with Crippen molar-refractivity contribution in [3.8, 4) is 17.4 Å². The summed E-state index contributed by atoms with van der Waals surface area (Å²) in [5, 5.41) is 9.09. The molecule has 57 heavy (non-hydrogen) atoms. The van der Waals surface area contributed by atoms with Crippen molar-refractivity contribution >= 4 is 11.8 Å². The van der Waals surface area contributed by atoms with Crippen LogP contribution in [0.25, 0.3) is 0 Å². The van der Waals surface area contributed by atoms with E-state index in [1.165, 1.54) is 0 Å². The number of hydrogen-bond donors (Lipinski definition) is 0. The van der Waals surface area contributed by atoms with Crippen LogP contribution in [0.4, 0.5) is 0 Å². The second-order valence-electron chi connectivity index (χ2n) is 13.6. The van der Waals surface area contributed by atoms with Gasteiger partial charge in [0, 0.05) is 62.0 Å². The van der Waals surface area contributed by atoms with Crippen molar-refractivity contribution in [1.82, 2.24) is 39.3 Å². The van der Waals surface area contributed by atoms with Gasteiger partial charge < -0.3 is 24.0 Å². The predicted molar refractivity (Wildman–Crippen MR) is 216 cm³/mol. The summed E-state index contributed by atoms with van der Waals surface area (Å²) in [6.45, 7) is 13.7. The van der Waals surface area contributed by atoms with E-state index in [1.807, 2.05) is 128 Å². The highest BCUT2D eigenvalue weighted by Gasteiger charge is 2.31. The van der Waals surface area contributed by atoms with Crippen LogP contribution in [0, 0.1) is 13.8 Å². The highest BCUT2D eigenvalue weighted by Crippen LogP contribution is 2.24. The van der Waals surface area contributed by atoms with E-state index in [0.29, 0.717) is 56.6 Å². The van der Waals surface area contributed by atoms with E-state index < -0.39 is 0 Å². The van der Waals surface area contributed by atoms with Gasteiger partial charge >= 0.3 is 0 Å². The van der Waals surface area contributed by atoms with Gasteiger partial charge in [0.15, 0.2) is 0 Å². The van der Waals surface area contributed by atoms with Crippen LogP contribution in [-0.2, 0) is 32.8 Å². The molecule has 2 amide bonds. The van der Waals surface area contributed by atoms with Crippen LogP contribution >= 0.6 is 0 Å². The Labute approximate surface area is 333 Å². The molecule has 13 heteroatoms. The normalized spacial score (nSPS) is 14.4. The summed E-state index contributed by atoms with van der Waals surface area (Å²) in [6, 6.07) is 30.9. The van der Waals surface area contributed by atoms with Crippen LogP contribution < -0.4 is 14.2 Å². The van der Waals surface area contributed by atoms with E-state index >= 15 is 0 Å². The van der Waals surface area contributed by atoms with Gasteiger partial charge in [-0.15, -0.1) is 0 Å². The fourth-order valence-electron chi connectivity index (χ4n) is 6.67. The number of hydrogen-bond acceptors (Lipinski definition) is 9. The number of pyridine rings is 2. The Morgan fingerprint density at radius 3 is 2.02 bits per heavy atom. The first-order valence-corrected chi connectivity index (χ1v) is 19.2. The largest absolute Gasteiger partial charge is 0.497 e. The Hall–Kier alpha value is -6.50. The molecule has 2 aromatic carbocycles. The number of aryl methyl sites for hydroxylation is 2. The molecule has 0 fully saturated rings. The first-order chi connectivity index (χ1) is 27.7. The molecule has 1 unspecified atom stereocenters. The standard InChI is InChI=1S/C22H24N4O3.C20H20N4O2.C2H6/c1-15-10-20(11-16(2)23-15)29-14-18-12-21-22(27)25(8-9-26(21)24-18)13-17-4-6-19(28-3)7-5-17;1-15-12-23(13-16-7-3-2-4-8-16)20(25)18-11-17(22-24(15)18)14-26-19-9-5-6-10-21-19;1-2/h4-7,10-12H,8-9,13-14H2,1-3H3;2-11,15H,12-14H2,1H3;1-2H3. The molecule has 8 rings (SSSR count). The molecule has 0 saturated carbocycles. The zero-order valence-electron chi connectivity index (χ0n) is 33.5. The number of carbonyl (C=O) groups excluding carboxylic acids is 2. The molecule has 0 aliphatic carbocycles. The third kappa shape index (κ3) is 10.2. The van der Waals surface area contributed by atoms with Crippen molar-refractivity contribution in [2.45, 2.75) is 73.5 Å². The number of rotatable bonds is 11. The van der Waals surface area contributed by atoms with Gasteiger partial charge in [0.05, 0.1) is 19.7 Å². The second-order valence-corrected chi connectivity index (χ2v) is 13.6. The van der Waals surface area contributed by atoms with Gasteiger partial charge in [-0.3, -0.25) is 23.9 Å². The lowest BCUT2D eigenvalue weighted by molar-refractivity contribution is 0.0649. The molecule has 6 heterocycles. The van der Waals surface area contributed by atoms with Gasteiger partial charge in [-0.25, -0.2) is 4.98 Å². The number of ether oxygens (including phenoxy) is 3. The minimum absolute atomic E-state index is 0.00328. The summed E-state index contributed by atoms with van der Waals surface area (Å²) < 4.78 is 20.3. The number of methoxy groups -OCH3 is 1. The Morgan fingerprint density at radius 1 is 0.684 bits per heavy atom. The fraction of sp³-hybridized carbons (Fsp3) is 0.318. The lowest BCUT2D eigenvalue weighted by Crippen LogP contribution is -2.41.